The molecule has 2 fully saturated rings. The van der Waals surface area contributed by atoms with Crippen LogP contribution in [0.1, 0.15) is 44.9 Å². The maximum Gasteiger partial charge on any atom is 0.220 e. The molecule has 14 heavy (non-hydrogen) atoms. The van der Waals surface area contributed by atoms with E-state index in [4.69, 9.17) is 0 Å². The van der Waals surface area contributed by atoms with Gasteiger partial charge in [-0.25, -0.2) is 0 Å². The minimum Gasteiger partial charge on any atom is -0.346 e. The van der Waals surface area contributed by atoms with Gasteiger partial charge in [-0.05, 0) is 19.3 Å². The number of carbonyl (C=O) groups is 2. The van der Waals surface area contributed by atoms with Crippen molar-refractivity contribution in [3.05, 3.63) is 0 Å². The number of rotatable bonds is 2. The van der Waals surface area contributed by atoms with Gasteiger partial charge in [0.25, 0.3) is 0 Å². The first-order valence-electron chi connectivity index (χ1n) is 5.60. The van der Waals surface area contributed by atoms with Gasteiger partial charge in [0.1, 0.15) is 0 Å². The van der Waals surface area contributed by atoms with Crippen LogP contribution < -0.4 is 5.32 Å². The zero-order valence-corrected chi connectivity index (χ0v) is 8.42. The van der Waals surface area contributed by atoms with Gasteiger partial charge in [0, 0.05) is 12.3 Å². The fourth-order valence-corrected chi connectivity index (χ4v) is 2.50. The Morgan fingerprint density at radius 3 is 2.43 bits per heavy atom. The Hall–Kier alpha value is -0.860. The summed E-state index contributed by atoms with van der Waals surface area (Å²) in [7, 11) is 0. The smallest absolute Gasteiger partial charge is 0.220 e. The van der Waals surface area contributed by atoms with Gasteiger partial charge in [-0.15, -0.1) is 0 Å². The lowest BCUT2D eigenvalue weighted by Crippen LogP contribution is -2.37. The lowest BCUT2D eigenvalue weighted by molar-refractivity contribution is -0.127. The van der Waals surface area contributed by atoms with Crippen LogP contribution in [-0.2, 0) is 9.59 Å². The molecule has 0 radical (unpaired) electrons. The molecule has 1 aliphatic carbocycles. The Labute approximate surface area is 84.2 Å². The van der Waals surface area contributed by atoms with Crippen LogP contribution in [0.3, 0.4) is 0 Å². The summed E-state index contributed by atoms with van der Waals surface area (Å²) in [6.45, 7) is 0. The molecule has 1 N–H and O–H groups in total. The highest BCUT2D eigenvalue weighted by molar-refractivity contribution is 5.93. The van der Waals surface area contributed by atoms with Gasteiger partial charge in [0.2, 0.25) is 5.91 Å². The number of Topliss-reactive ketones (excluding diaryl/α,β-unsaturated/α-hetero) is 1. The summed E-state index contributed by atoms with van der Waals surface area (Å²) in [6.07, 6.45) is 6.93. The molecule has 1 heterocycles. The van der Waals surface area contributed by atoms with Gasteiger partial charge in [0.15, 0.2) is 5.78 Å². The third-order valence-corrected chi connectivity index (χ3v) is 3.35. The topological polar surface area (TPSA) is 46.2 Å². The summed E-state index contributed by atoms with van der Waals surface area (Å²) in [5.74, 6) is 0.557. The molecule has 1 unspecified atom stereocenters. The quantitative estimate of drug-likeness (QED) is 0.724. The second-order valence-electron chi connectivity index (χ2n) is 4.40. The first kappa shape index (κ1) is 9.69. The largest absolute Gasteiger partial charge is 0.346 e. The highest BCUT2D eigenvalue weighted by Crippen LogP contribution is 2.26. The fourth-order valence-electron chi connectivity index (χ4n) is 2.50. The van der Waals surface area contributed by atoms with Gasteiger partial charge in [0.05, 0.1) is 6.04 Å². The van der Waals surface area contributed by atoms with Gasteiger partial charge in [-0.3, -0.25) is 9.59 Å². The summed E-state index contributed by atoms with van der Waals surface area (Å²) < 4.78 is 0. The van der Waals surface area contributed by atoms with Crippen molar-refractivity contribution in [2.45, 2.75) is 51.0 Å². The van der Waals surface area contributed by atoms with E-state index in [1.807, 2.05) is 0 Å². The van der Waals surface area contributed by atoms with Gasteiger partial charge < -0.3 is 5.32 Å². The third-order valence-electron chi connectivity index (χ3n) is 3.35. The lowest BCUT2D eigenvalue weighted by atomic mass is 9.83. The number of hydrogen-bond acceptors (Lipinski definition) is 2. The number of carbonyl (C=O) groups excluding carboxylic acids is 2. The van der Waals surface area contributed by atoms with E-state index in [1.54, 1.807) is 0 Å². The van der Waals surface area contributed by atoms with Gasteiger partial charge in [-0.1, -0.05) is 19.3 Å². The van der Waals surface area contributed by atoms with E-state index in [0.717, 1.165) is 12.8 Å². The summed E-state index contributed by atoms with van der Waals surface area (Å²) in [5, 5.41) is 2.76. The summed E-state index contributed by atoms with van der Waals surface area (Å²) >= 11 is 0. The minimum atomic E-state index is -0.161. The molecule has 3 nitrogen and oxygen atoms in total. The second kappa shape index (κ2) is 4.11. The van der Waals surface area contributed by atoms with Crippen LogP contribution in [0, 0.1) is 5.92 Å². The number of amides is 1. The van der Waals surface area contributed by atoms with Crippen LogP contribution in [0.4, 0.5) is 0 Å². The van der Waals surface area contributed by atoms with Crippen molar-refractivity contribution in [3.8, 4) is 0 Å². The molecule has 1 aliphatic heterocycles. The van der Waals surface area contributed by atoms with Crippen LogP contribution in [0.25, 0.3) is 0 Å². The summed E-state index contributed by atoms with van der Waals surface area (Å²) in [5.41, 5.74) is 0. The van der Waals surface area contributed by atoms with Crippen LogP contribution in [-0.4, -0.2) is 17.7 Å². The van der Waals surface area contributed by atoms with E-state index in [9.17, 15) is 9.59 Å². The van der Waals surface area contributed by atoms with Crippen LogP contribution in [0.15, 0.2) is 0 Å². The van der Waals surface area contributed by atoms with E-state index in [2.05, 4.69) is 5.32 Å². The Kier molecular flexibility index (Phi) is 2.85. The molecular weight excluding hydrogens is 178 g/mol. The third kappa shape index (κ3) is 1.97. The molecule has 0 aromatic rings. The Balaban J connectivity index is 1.90. The van der Waals surface area contributed by atoms with Gasteiger partial charge >= 0.3 is 0 Å². The van der Waals surface area contributed by atoms with Crippen molar-refractivity contribution in [1.29, 1.82) is 0 Å². The van der Waals surface area contributed by atoms with Crippen LogP contribution in [0.2, 0.25) is 0 Å². The molecule has 2 rings (SSSR count). The zero-order valence-electron chi connectivity index (χ0n) is 8.42. The highest BCUT2D eigenvalue weighted by atomic mass is 16.2. The van der Waals surface area contributed by atoms with Crippen LogP contribution in [0.5, 0.6) is 0 Å². The summed E-state index contributed by atoms with van der Waals surface area (Å²) in [4.78, 5) is 22.9. The summed E-state index contributed by atoms with van der Waals surface area (Å²) in [6, 6.07) is -0.161. The standard InChI is InChI=1S/C11H17NO2/c13-10-7-6-9(12-10)11(14)8-4-2-1-3-5-8/h8-9H,1-7H2,(H,12,13). The molecule has 1 saturated carbocycles. The highest BCUT2D eigenvalue weighted by Gasteiger charge is 2.32. The molecule has 0 spiro atoms. The van der Waals surface area contributed by atoms with E-state index in [1.165, 1.54) is 19.3 Å². The Morgan fingerprint density at radius 1 is 1.14 bits per heavy atom. The molecule has 78 valence electrons. The zero-order chi connectivity index (χ0) is 9.97. The Morgan fingerprint density at radius 2 is 1.86 bits per heavy atom. The lowest BCUT2D eigenvalue weighted by Gasteiger charge is -2.22. The van der Waals surface area contributed by atoms with Crippen molar-refractivity contribution < 1.29 is 9.59 Å². The predicted molar refractivity (Wildman–Crippen MR) is 52.7 cm³/mol. The van der Waals surface area contributed by atoms with Gasteiger partial charge in [-0.2, -0.15) is 0 Å². The predicted octanol–water partition coefficient (Wildman–Crippen LogP) is 1.41. The molecule has 2 aliphatic rings. The molecule has 1 saturated heterocycles. The van der Waals surface area contributed by atoms with E-state index in [-0.39, 0.29) is 23.7 Å². The normalized spacial score (nSPS) is 28.9. The molecule has 3 heteroatoms. The second-order valence-corrected chi connectivity index (χ2v) is 4.40. The van der Waals surface area contributed by atoms with E-state index < -0.39 is 0 Å². The van der Waals surface area contributed by atoms with Crippen molar-refractivity contribution in [2.24, 2.45) is 5.92 Å². The number of hydrogen-bond donors (Lipinski definition) is 1. The van der Waals surface area contributed by atoms with E-state index in [0.29, 0.717) is 12.8 Å². The monoisotopic (exact) mass is 195 g/mol. The first-order valence-corrected chi connectivity index (χ1v) is 5.60. The molecular formula is C11H17NO2. The van der Waals surface area contributed by atoms with Crippen molar-refractivity contribution in [2.75, 3.05) is 0 Å². The molecule has 0 aromatic heterocycles. The molecule has 0 aromatic carbocycles. The average molecular weight is 195 g/mol. The van der Waals surface area contributed by atoms with Crippen molar-refractivity contribution in [3.63, 3.8) is 0 Å². The Bertz CT molecular complexity index is 244. The molecule has 1 amide bonds. The maximum atomic E-state index is 11.9. The van der Waals surface area contributed by atoms with Crippen molar-refractivity contribution in [1.82, 2.24) is 5.32 Å². The minimum absolute atomic E-state index is 0.0409. The molecule has 0 bridgehead atoms. The molecule has 1 atom stereocenters. The first-order chi connectivity index (χ1) is 6.77. The number of nitrogens with one attached hydrogen (secondary N) is 1. The van der Waals surface area contributed by atoms with Crippen LogP contribution >= 0.6 is 0 Å². The fraction of sp³-hybridized carbons (Fsp3) is 0.818. The maximum absolute atomic E-state index is 11.9. The average Bonchev–Trinajstić information content (AvgIpc) is 2.65. The number of ketones is 1. The SMILES string of the molecule is O=C1CCC(C(=O)C2CCCCC2)N1. The van der Waals surface area contributed by atoms with E-state index >= 15 is 0 Å². The van der Waals surface area contributed by atoms with Crippen molar-refractivity contribution >= 4 is 11.7 Å².